The lowest BCUT2D eigenvalue weighted by Crippen LogP contribution is -2.32. The van der Waals surface area contributed by atoms with Crippen molar-refractivity contribution < 1.29 is 14.1 Å². The normalized spacial score (nSPS) is 14.6. The minimum Gasteiger partial charge on any atom is -0.497 e. The van der Waals surface area contributed by atoms with Crippen molar-refractivity contribution >= 4 is 18.1 Å². The molecule has 2 heterocycles. The molecule has 31 heavy (non-hydrogen) atoms. The van der Waals surface area contributed by atoms with Gasteiger partial charge in [-0.3, -0.25) is 14.5 Å². The molecule has 164 valence electrons. The lowest BCUT2D eigenvalue weighted by molar-refractivity contribution is -0.122. The number of benzene rings is 1. The van der Waals surface area contributed by atoms with Crippen LogP contribution < -0.4 is 10.1 Å². The molecule has 0 radical (unpaired) electrons. The Morgan fingerprint density at radius 1 is 1.35 bits per heavy atom. The number of carbonyl (C=O) groups is 1. The van der Waals surface area contributed by atoms with E-state index in [0.717, 1.165) is 30.0 Å². The minimum absolute atomic E-state index is 0.113. The third-order valence-corrected chi connectivity index (χ3v) is 5.63. The molecule has 0 bridgehead atoms. The molecule has 3 aromatic rings. The fourth-order valence-electron chi connectivity index (χ4n) is 3.34. The maximum atomic E-state index is 12.7. The van der Waals surface area contributed by atoms with Gasteiger partial charge in [-0.15, -0.1) is 0 Å². The Morgan fingerprint density at radius 3 is 2.74 bits per heavy atom. The average molecular weight is 443 g/mol. The molecule has 0 aliphatic heterocycles. The third-order valence-electron chi connectivity index (χ3n) is 5.32. The lowest BCUT2D eigenvalue weighted by Gasteiger charge is -2.18. The van der Waals surface area contributed by atoms with Crippen LogP contribution in [0, 0.1) is 10.7 Å². The van der Waals surface area contributed by atoms with Crippen molar-refractivity contribution in [1.29, 1.82) is 0 Å². The highest BCUT2D eigenvalue weighted by molar-refractivity contribution is 7.71. The SMILES string of the molecule is COc1ccc(-c2n[nH]c(=S)n2CCC(=O)NC(c2nc(C3CC3)no2)C(C)C)cc1. The maximum absolute atomic E-state index is 12.7. The van der Waals surface area contributed by atoms with E-state index < -0.39 is 0 Å². The van der Waals surface area contributed by atoms with E-state index in [9.17, 15) is 4.79 Å². The second kappa shape index (κ2) is 9.01. The third kappa shape index (κ3) is 4.84. The van der Waals surface area contributed by atoms with E-state index in [0.29, 0.717) is 28.9 Å². The number of H-pyrrole nitrogens is 1. The van der Waals surface area contributed by atoms with Gasteiger partial charge >= 0.3 is 0 Å². The van der Waals surface area contributed by atoms with E-state index in [1.807, 2.05) is 42.7 Å². The molecule has 1 aliphatic carbocycles. The van der Waals surface area contributed by atoms with Crippen molar-refractivity contribution in [3.8, 4) is 17.1 Å². The number of hydrogen-bond donors (Lipinski definition) is 2. The summed E-state index contributed by atoms with van der Waals surface area (Å²) in [6, 6.07) is 7.20. The predicted octanol–water partition coefficient (Wildman–Crippen LogP) is 3.78. The van der Waals surface area contributed by atoms with Gasteiger partial charge < -0.3 is 14.6 Å². The molecule has 1 amide bonds. The number of carbonyl (C=O) groups excluding carboxylic acids is 1. The summed E-state index contributed by atoms with van der Waals surface area (Å²) < 4.78 is 12.9. The van der Waals surface area contributed by atoms with Gasteiger partial charge in [0.05, 0.1) is 7.11 Å². The van der Waals surface area contributed by atoms with Crippen LogP contribution >= 0.6 is 12.2 Å². The van der Waals surface area contributed by atoms with Crippen molar-refractivity contribution in [2.75, 3.05) is 7.11 Å². The van der Waals surface area contributed by atoms with Gasteiger partial charge in [0.1, 0.15) is 11.8 Å². The lowest BCUT2D eigenvalue weighted by atomic mass is 10.0. The first-order valence-electron chi connectivity index (χ1n) is 10.4. The van der Waals surface area contributed by atoms with Crippen LogP contribution in [-0.4, -0.2) is 37.9 Å². The van der Waals surface area contributed by atoms with Crippen molar-refractivity contribution in [1.82, 2.24) is 30.2 Å². The molecule has 1 aliphatic rings. The summed E-state index contributed by atoms with van der Waals surface area (Å²) >= 11 is 5.37. The molecule has 2 N–H and O–H groups in total. The Kier molecular flexibility index (Phi) is 6.17. The number of nitrogens with zero attached hydrogens (tertiary/aromatic N) is 4. The van der Waals surface area contributed by atoms with Crippen LogP contribution in [0.5, 0.6) is 5.75 Å². The van der Waals surface area contributed by atoms with Crippen LogP contribution in [0.15, 0.2) is 28.8 Å². The van der Waals surface area contributed by atoms with Gasteiger partial charge in [-0.25, -0.2) is 0 Å². The molecular formula is C21H26N6O3S. The Morgan fingerprint density at radius 2 is 2.10 bits per heavy atom. The van der Waals surface area contributed by atoms with E-state index in [2.05, 4.69) is 25.7 Å². The average Bonchev–Trinajstić information content (AvgIpc) is 3.39. The van der Waals surface area contributed by atoms with Gasteiger partial charge in [0.25, 0.3) is 0 Å². The monoisotopic (exact) mass is 442 g/mol. The van der Waals surface area contributed by atoms with Gasteiger partial charge in [0, 0.05) is 24.4 Å². The van der Waals surface area contributed by atoms with Crippen LogP contribution in [0.2, 0.25) is 0 Å². The zero-order valence-corrected chi connectivity index (χ0v) is 18.6. The molecule has 0 spiro atoms. The molecule has 10 heteroatoms. The molecule has 9 nitrogen and oxygen atoms in total. The largest absolute Gasteiger partial charge is 0.497 e. The van der Waals surface area contributed by atoms with Crippen molar-refractivity contribution in [3.05, 3.63) is 40.8 Å². The van der Waals surface area contributed by atoms with Crippen LogP contribution in [0.1, 0.15) is 56.8 Å². The number of ether oxygens (including phenoxy) is 1. The topological polar surface area (TPSA) is 111 Å². The highest BCUT2D eigenvalue weighted by Gasteiger charge is 2.31. The molecule has 0 saturated heterocycles. The van der Waals surface area contributed by atoms with Crippen molar-refractivity contribution in [3.63, 3.8) is 0 Å². The summed E-state index contributed by atoms with van der Waals surface area (Å²) in [6.07, 6.45) is 2.43. The summed E-state index contributed by atoms with van der Waals surface area (Å²) in [4.78, 5) is 17.2. The molecule has 1 atom stereocenters. The Bertz CT molecular complexity index is 1100. The zero-order valence-electron chi connectivity index (χ0n) is 17.8. The van der Waals surface area contributed by atoms with Crippen molar-refractivity contribution in [2.24, 2.45) is 5.92 Å². The Labute approximate surface area is 185 Å². The number of nitrogens with one attached hydrogen (secondary N) is 2. The summed E-state index contributed by atoms with van der Waals surface area (Å²) in [7, 11) is 1.62. The molecule has 1 fully saturated rings. The van der Waals surface area contributed by atoms with E-state index in [1.54, 1.807) is 7.11 Å². The Balaban J connectivity index is 1.43. The molecule has 1 aromatic carbocycles. The number of aromatic amines is 1. The van der Waals surface area contributed by atoms with Gasteiger partial charge in [0.15, 0.2) is 16.4 Å². The molecule has 4 rings (SSSR count). The summed E-state index contributed by atoms with van der Waals surface area (Å²) in [6.45, 7) is 4.42. The minimum atomic E-state index is -0.328. The second-order valence-electron chi connectivity index (χ2n) is 8.04. The summed E-state index contributed by atoms with van der Waals surface area (Å²) in [5, 5.41) is 14.2. The highest BCUT2D eigenvalue weighted by atomic mass is 32.1. The Hall–Kier alpha value is -3.01. The van der Waals surface area contributed by atoms with Crippen molar-refractivity contribution in [2.45, 2.75) is 51.6 Å². The molecule has 2 aromatic heterocycles. The van der Waals surface area contributed by atoms with Gasteiger partial charge in [-0.2, -0.15) is 10.1 Å². The van der Waals surface area contributed by atoms with Crippen LogP contribution in [0.25, 0.3) is 11.4 Å². The van der Waals surface area contributed by atoms with E-state index >= 15 is 0 Å². The van der Waals surface area contributed by atoms with E-state index in [4.69, 9.17) is 21.5 Å². The fourth-order valence-corrected chi connectivity index (χ4v) is 3.56. The van der Waals surface area contributed by atoms with Crippen LogP contribution in [0.4, 0.5) is 0 Å². The van der Waals surface area contributed by atoms with Crippen LogP contribution in [0.3, 0.4) is 0 Å². The predicted molar refractivity (Wildman–Crippen MR) is 116 cm³/mol. The summed E-state index contributed by atoms with van der Waals surface area (Å²) in [5.74, 6) is 3.03. The summed E-state index contributed by atoms with van der Waals surface area (Å²) in [5.41, 5.74) is 0.882. The van der Waals surface area contributed by atoms with Gasteiger partial charge in [-0.05, 0) is 55.2 Å². The van der Waals surface area contributed by atoms with Gasteiger partial charge in [0.2, 0.25) is 11.8 Å². The second-order valence-corrected chi connectivity index (χ2v) is 8.42. The molecule has 1 unspecified atom stereocenters. The van der Waals surface area contributed by atoms with Crippen LogP contribution in [-0.2, 0) is 11.3 Å². The van der Waals surface area contributed by atoms with E-state index in [1.165, 1.54) is 0 Å². The van der Waals surface area contributed by atoms with E-state index in [-0.39, 0.29) is 24.3 Å². The quantitative estimate of drug-likeness (QED) is 0.485. The first kappa shape index (κ1) is 21.2. The first-order chi connectivity index (χ1) is 15.0. The number of methoxy groups -OCH3 is 1. The number of aromatic nitrogens is 5. The number of hydrogen-bond acceptors (Lipinski definition) is 7. The zero-order chi connectivity index (χ0) is 22.0. The first-order valence-corrected chi connectivity index (χ1v) is 10.8. The number of rotatable bonds is 9. The van der Waals surface area contributed by atoms with Gasteiger partial charge in [-0.1, -0.05) is 19.0 Å². The fraction of sp³-hybridized carbons (Fsp3) is 0.476. The molecule has 1 saturated carbocycles. The molecular weight excluding hydrogens is 416 g/mol. The highest BCUT2D eigenvalue weighted by Crippen LogP contribution is 2.38. The standard InChI is InChI=1S/C21H26N6O3S/c1-12(2)17(20-23-18(26-30-20)13-4-5-13)22-16(28)10-11-27-19(24-25-21(27)31)14-6-8-15(29-3)9-7-14/h6-9,12-13,17H,4-5,10-11H2,1-3H3,(H,22,28)(H,25,31). The number of amides is 1. The smallest absolute Gasteiger partial charge is 0.249 e. The maximum Gasteiger partial charge on any atom is 0.249 e.